The number of carbonyl (C=O) groups excluding carboxylic acids is 3. The molecule has 1 N–H and O–H groups in total. The first-order valence-corrected chi connectivity index (χ1v) is 10.8. The van der Waals surface area contributed by atoms with Crippen LogP contribution in [-0.4, -0.2) is 41.8 Å². The molecule has 9 heteroatoms. The second-order valence-corrected chi connectivity index (χ2v) is 8.51. The van der Waals surface area contributed by atoms with Crippen molar-refractivity contribution in [3.8, 4) is 11.5 Å². The van der Waals surface area contributed by atoms with E-state index in [9.17, 15) is 14.4 Å². The Bertz CT molecular complexity index is 1040. The van der Waals surface area contributed by atoms with Crippen molar-refractivity contribution < 1.29 is 23.9 Å². The zero-order valence-corrected chi connectivity index (χ0v) is 18.1. The van der Waals surface area contributed by atoms with Crippen molar-refractivity contribution in [1.82, 2.24) is 10.2 Å². The van der Waals surface area contributed by atoms with Gasteiger partial charge in [0, 0.05) is 17.6 Å². The highest BCUT2D eigenvalue weighted by Gasteiger charge is 2.34. The molecule has 0 unspecified atom stereocenters. The standard InChI is InChI=1S/C21H17BrN2O5S/c22-15-4-1-13(2-5-15)11-19(25)23-7-8-24-20(26)18(30-21(24)27)10-14-3-6-16-17(9-14)29-12-28-16/h1-6,9-10H,7-8,11-12H2,(H,23,25)/b18-10-. The van der Waals surface area contributed by atoms with Crippen LogP contribution in [0.25, 0.3) is 6.08 Å². The summed E-state index contributed by atoms with van der Waals surface area (Å²) in [5.74, 6) is 0.723. The van der Waals surface area contributed by atoms with Crippen LogP contribution in [0.5, 0.6) is 11.5 Å². The Labute approximate surface area is 185 Å². The van der Waals surface area contributed by atoms with E-state index in [1.807, 2.05) is 24.3 Å². The maximum Gasteiger partial charge on any atom is 0.293 e. The van der Waals surface area contributed by atoms with Gasteiger partial charge < -0.3 is 14.8 Å². The second-order valence-electron chi connectivity index (χ2n) is 6.60. The van der Waals surface area contributed by atoms with E-state index in [1.165, 1.54) is 0 Å². The first-order valence-electron chi connectivity index (χ1n) is 9.16. The van der Waals surface area contributed by atoms with Gasteiger partial charge in [0.15, 0.2) is 11.5 Å². The largest absolute Gasteiger partial charge is 0.454 e. The highest BCUT2D eigenvalue weighted by atomic mass is 79.9. The van der Waals surface area contributed by atoms with E-state index in [2.05, 4.69) is 21.2 Å². The highest BCUT2D eigenvalue weighted by Crippen LogP contribution is 2.36. The minimum absolute atomic E-state index is 0.120. The molecule has 0 saturated carbocycles. The van der Waals surface area contributed by atoms with E-state index < -0.39 is 0 Å². The predicted octanol–water partition coefficient (Wildman–Crippen LogP) is 3.57. The molecular formula is C21H17BrN2O5S. The van der Waals surface area contributed by atoms with Gasteiger partial charge in [-0.1, -0.05) is 34.1 Å². The maximum absolute atomic E-state index is 12.6. The minimum Gasteiger partial charge on any atom is -0.454 e. The molecule has 154 valence electrons. The van der Waals surface area contributed by atoms with Crippen LogP contribution in [0.3, 0.4) is 0 Å². The summed E-state index contributed by atoms with van der Waals surface area (Å²) >= 11 is 4.23. The molecule has 0 bridgehead atoms. The van der Waals surface area contributed by atoms with Crippen LogP contribution in [0.2, 0.25) is 0 Å². The van der Waals surface area contributed by atoms with Crippen molar-refractivity contribution in [1.29, 1.82) is 0 Å². The molecular weight excluding hydrogens is 472 g/mol. The molecule has 2 heterocycles. The third-order valence-corrected chi connectivity index (χ3v) is 5.94. The molecule has 1 saturated heterocycles. The first kappa shape index (κ1) is 20.5. The average molecular weight is 489 g/mol. The number of benzene rings is 2. The van der Waals surface area contributed by atoms with Crippen molar-refractivity contribution in [2.75, 3.05) is 19.9 Å². The van der Waals surface area contributed by atoms with Gasteiger partial charge in [0.1, 0.15) is 0 Å². The predicted molar refractivity (Wildman–Crippen MR) is 116 cm³/mol. The number of amides is 3. The SMILES string of the molecule is O=C(Cc1ccc(Br)cc1)NCCN1C(=O)S/C(=C\c2ccc3c(c2)OCO3)C1=O. The van der Waals surface area contributed by atoms with Crippen LogP contribution in [0.15, 0.2) is 51.8 Å². The summed E-state index contributed by atoms with van der Waals surface area (Å²) in [6, 6.07) is 12.8. The quantitative estimate of drug-likeness (QED) is 0.625. The van der Waals surface area contributed by atoms with Crippen LogP contribution >= 0.6 is 27.7 Å². The molecule has 0 aromatic heterocycles. The highest BCUT2D eigenvalue weighted by molar-refractivity contribution is 9.10. The molecule has 2 aliphatic heterocycles. The van der Waals surface area contributed by atoms with Gasteiger partial charge in [0.05, 0.1) is 11.3 Å². The number of rotatable bonds is 6. The van der Waals surface area contributed by atoms with E-state index >= 15 is 0 Å². The van der Waals surface area contributed by atoms with Crippen LogP contribution in [0.4, 0.5) is 4.79 Å². The average Bonchev–Trinajstić information content (AvgIpc) is 3.29. The van der Waals surface area contributed by atoms with Gasteiger partial charge in [-0.25, -0.2) is 0 Å². The molecule has 30 heavy (non-hydrogen) atoms. The minimum atomic E-state index is -0.371. The number of nitrogens with one attached hydrogen (secondary N) is 1. The maximum atomic E-state index is 12.6. The number of carbonyl (C=O) groups is 3. The number of fused-ring (bicyclic) bond motifs is 1. The molecule has 7 nitrogen and oxygen atoms in total. The first-order chi connectivity index (χ1) is 14.5. The summed E-state index contributed by atoms with van der Waals surface area (Å²) in [6.45, 7) is 0.489. The van der Waals surface area contributed by atoms with E-state index in [-0.39, 0.29) is 43.4 Å². The zero-order chi connectivity index (χ0) is 21.1. The number of imide groups is 1. The van der Waals surface area contributed by atoms with Gasteiger partial charge >= 0.3 is 0 Å². The van der Waals surface area contributed by atoms with Crippen LogP contribution in [0.1, 0.15) is 11.1 Å². The Morgan fingerprint density at radius 2 is 1.90 bits per heavy atom. The fourth-order valence-corrected chi connectivity index (χ4v) is 4.13. The van der Waals surface area contributed by atoms with Gasteiger partial charge in [-0.15, -0.1) is 0 Å². The van der Waals surface area contributed by atoms with Crippen LogP contribution < -0.4 is 14.8 Å². The molecule has 2 aromatic rings. The number of thioether (sulfide) groups is 1. The van der Waals surface area contributed by atoms with Crippen LogP contribution in [-0.2, 0) is 16.0 Å². The Balaban J connectivity index is 1.32. The van der Waals surface area contributed by atoms with Gasteiger partial charge in [-0.3, -0.25) is 19.3 Å². The lowest BCUT2D eigenvalue weighted by Crippen LogP contribution is -2.37. The van der Waals surface area contributed by atoms with Gasteiger partial charge in [0.2, 0.25) is 12.7 Å². The van der Waals surface area contributed by atoms with Crippen molar-refractivity contribution >= 4 is 50.8 Å². The van der Waals surface area contributed by atoms with Gasteiger partial charge in [0.25, 0.3) is 11.1 Å². The Kier molecular flexibility index (Phi) is 6.10. The lowest BCUT2D eigenvalue weighted by atomic mass is 10.1. The summed E-state index contributed by atoms with van der Waals surface area (Å²) in [6.07, 6.45) is 1.89. The Morgan fingerprint density at radius 1 is 1.13 bits per heavy atom. The molecule has 3 amide bonds. The molecule has 4 rings (SSSR count). The van der Waals surface area contributed by atoms with E-state index in [1.54, 1.807) is 24.3 Å². The van der Waals surface area contributed by atoms with Gasteiger partial charge in [-0.05, 0) is 53.2 Å². The number of ether oxygens (including phenoxy) is 2. The third-order valence-electron chi connectivity index (χ3n) is 4.50. The van der Waals surface area contributed by atoms with Gasteiger partial charge in [-0.2, -0.15) is 0 Å². The smallest absolute Gasteiger partial charge is 0.293 e. The van der Waals surface area contributed by atoms with E-state index in [0.29, 0.717) is 16.4 Å². The van der Waals surface area contributed by atoms with Crippen molar-refractivity contribution in [2.24, 2.45) is 0 Å². The normalized spacial score (nSPS) is 16.4. The van der Waals surface area contributed by atoms with Crippen molar-refractivity contribution in [2.45, 2.75) is 6.42 Å². The number of nitrogens with zero attached hydrogens (tertiary/aromatic N) is 1. The molecule has 0 radical (unpaired) electrons. The van der Waals surface area contributed by atoms with Crippen molar-refractivity contribution in [3.05, 3.63) is 63.0 Å². The summed E-state index contributed by atoms with van der Waals surface area (Å²) in [4.78, 5) is 38.4. The fraction of sp³-hybridized carbons (Fsp3) is 0.190. The van der Waals surface area contributed by atoms with E-state index in [0.717, 1.165) is 32.3 Å². The number of hydrogen-bond acceptors (Lipinski definition) is 6. The third kappa shape index (κ3) is 4.68. The molecule has 0 atom stereocenters. The monoisotopic (exact) mass is 488 g/mol. The fourth-order valence-electron chi connectivity index (χ4n) is 3.00. The second kappa shape index (κ2) is 8.93. The summed E-state index contributed by atoms with van der Waals surface area (Å²) in [5, 5.41) is 2.40. The lowest BCUT2D eigenvalue weighted by Gasteiger charge is -2.13. The lowest BCUT2D eigenvalue weighted by molar-refractivity contribution is -0.124. The molecule has 2 aliphatic rings. The summed E-state index contributed by atoms with van der Waals surface area (Å²) in [7, 11) is 0. The molecule has 2 aromatic carbocycles. The topological polar surface area (TPSA) is 84.9 Å². The Morgan fingerprint density at radius 3 is 2.70 bits per heavy atom. The number of halogens is 1. The molecule has 0 aliphatic carbocycles. The molecule has 0 spiro atoms. The van der Waals surface area contributed by atoms with E-state index in [4.69, 9.17) is 9.47 Å². The Hall–Kier alpha value is -2.78. The summed E-state index contributed by atoms with van der Waals surface area (Å²) in [5.41, 5.74) is 1.63. The van der Waals surface area contributed by atoms with Crippen LogP contribution in [0, 0.1) is 0 Å². The van der Waals surface area contributed by atoms with Crippen molar-refractivity contribution in [3.63, 3.8) is 0 Å². The number of hydrogen-bond donors (Lipinski definition) is 1. The molecule has 1 fully saturated rings. The summed E-state index contributed by atoms with van der Waals surface area (Å²) < 4.78 is 11.5. The zero-order valence-electron chi connectivity index (χ0n) is 15.7.